The summed E-state index contributed by atoms with van der Waals surface area (Å²) in [6.07, 6.45) is 2.39. The van der Waals surface area contributed by atoms with Crippen molar-refractivity contribution in [1.29, 1.82) is 0 Å². The molecule has 1 heterocycles. The van der Waals surface area contributed by atoms with E-state index in [-0.39, 0.29) is 12.0 Å². The maximum atomic E-state index is 11.2. The van der Waals surface area contributed by atoms with Gasteiger partial charge in [-0.25, -0.2) is 0 Å². The first-order valence-corrected chi connectivity index (χ1v) is 4.97. The van der Waals surface area contributed by atoms with Gasteiger partial charge in [-0.15, -0.1) is 0 Å². The van der Waals surface area contributed by atoms with E-state index in [0.29, 0.717) is 0 Å². The zero-order valence-electron chi connectivity index (χ0n) is 8.75. The van der Waals surface area contributed by atoms with E-state index < -0.39 is 0 Å². The van der Waals surface area contributed by atoms with E-state index in [1.807, 2.05) is 6.92 Å². The van der Waals surface area contributed by atoms with Crippen LogP contribution in [0, 0.1) is 5.92 Å². The molecule has 0 spiro atoms. The zero-order valence-corrected chi connectivity index (χ0v) is 8.75. The smallest absolute Gasteiger partial charge is 0.322 e. The fourth-order valence-corrected chi connectivity index (χ4v) is 1.74. The van der Waals surface area contributed by atoms with Crippen LogP contribution in [0.2, 0.25) is 0 Å². The van der Waals surface area contributed by atoms with Gasteiger partial charge in [0.1, 0.15) is 6.04 Å². The van der Waals surface area contributed by atoms with Crippen LogP contribution in [0.5, 0.6) is 0 Å². The monoisotopic (exact) mass is 185 g/mol. The summed E-state index contributed by atoms with van der Waals surface area (Å²) in [5.41, 5.74) is 0. The molecule has 0 aromatic rings. The van der Waals surface area contributed by atoms with E-state index in [2.05, 4.69) is 11.8 Å². The van der Waals surface area contributed by atoms with E-state index >= 15 is 0 Å². The molecular formula is C10H19NO2. The van der Waals surface area contributed by atoms with Gasteiger partial charge in [0, 0.05) is 0 Å². The SMILES string of the molecule is COC(=O)[C@H](C)N1CCC(C)CC1. The number of carbonyl (C=O) groups is 1. The molecule has 1 saturated heterocycles. The van der Waals surface area contributed by atoms with Crippen molar-refractivity contribution in [3.63, 3.8) is 0 Å². The Morgan fingerprint density at radius 2 is 2.00 bits per heavy atom. The fraction of sp³-hybridized carbons (Fsp3) is 0.900. The van der Waals surface area contributed by atoms with E-state index in [4.69, 9.17) is 4.74 Å². The number of likely N-dealkylation sites (tertiary alicyclic amines) is 1. The molecule has 1 aliphatic heterocycles. The molecule has 0 aromatic carbocycles. The maximum Gasteiger partial charge on any atom is 0.322 e. The van der Waals surface area contributed by atoms with Crippen molar-refractivity contribution in [2.24, 2.45) is 5.92 Å². The normalized spacial score (nSPS) is 22.7. The van der Waals surface area contributed by atoms with Gasteiger partial charge < -0.3 is 4.74 Å². The Hall–Kier alpha value is -0.570. The van der Waals surface area contributed by atoms with Gasteiger partial charge in [-0.2, -0.15) is 0 Å². The van der Waals surface area contributed by atoms with E-state index in [1.165, 1.54) is 20.0 Å². The molecule has 3 heteroatoms. The zero-order chi connectivity index (χ0) is 9.84. The second kappa shape index (κ2) is 4.61. The van der Waals surface area contributed by atoms with Crippen molar-refractivity contribution in [2.45, 2.75) is 32.7 Å². The average Bonchev–Trinajstić information content (AvgIpc) is 2.17. The summed E-state index contributed by atoms with van der Waals surface area (Å²) in [5, 5.41) is 0. The summed E-state index contributed by atoms with van der Waals surface area (Å²) in [5.74, 6) is 0.690. The van der Waals surface area contributed by atoms with E-state index in [1.54, 1.807) is 0 Å². The van der Waals surface area contributed by atoms with Gasteiger partial charge in [0.15, 0.2) is 0 Å². The molecule has 1 aliphatic rings. The number of methoxy groups -OCH3 is 1. The summed E-state index contributed by atoms with van der Waals surface area (Å²) in [7, 11) is 1.45. The topological polar surface area (TPSA) is 29.5 Å². The van der Waals surface area contributed by atoms with Crippen LogP contribution in [0.4, 0.5) is 0 Å². The molecule has 13 heavy (non-hydrogen) atoms. The molecule has 1 atom stereocenters. The van der Waals surface area contributed by atoms with Gasteiger partial charge in [-0.05, 0) is 38.8 Å². The molecular weight excluding hydrogens is 166 g/mol. The number of rotatable bonds is 2. The van der Waals surface area contributed by atoms with Crippen LogP contribution < -0.4 is 0 Å². The minimum Gasteiger partial charge on any atom is -0.468 e. The molecule has 0 unspecified atom stereocenters. The largest absolute Gasteiger partial charge is 0.468 e. The molecule has 0 saturated carbocycles. The van der Waals surface area contributed by atoms with Crippen molar-refractivity contribution < 1.29 is 9.53 Å². The summed E-state index contributed by atoms with van der Waals surface area (Å²) in [6.45, 7) is 6.23. The predicted molar refractivity (Wildman–Crippen MR) is 51.4 cm³/mol. The number of piperidine rings is 1. The van der Waals surface area contributed by atoms with Crippen LogP contribution in [0.1, 0.15) is 26.7 Å². The van der Waals surface area contributed by atoms with Gasteiger partial charge >= 0.3 is 5.97 Å². The lowest BCUT2D eigenvalue weighted by Crippen LogP contribution is -2.44. The van der Waals surface area contributed by atoms with Gasteiger partial charge in [-0.1, -0.05) is 6.92 Å². The highest BCUT2D eigenvalue weighted by molar-refractivity contribution is 5.75. The minimum absolute atomic E-state index is 0.0718. The van der Waals surface area contributed by atoms with Gasteiger partial charge in [0.05, 0.1) is 7.11 Å². The molecule has 0 aliphatic carbocycles. The lowest BCUT2D eigenvalue weighted by atomic mass is 9.98. The minimum atomic E-state index is -0.116. The number of ether oxygens (including phenoxy) is 1. The Kier molecular flexibility index (Phi) is 3.72. The van der Waals surface area contributed by atoms with Crippen LogP contribution in [0.3, 0.4) is 0 Å². The molecule has 0 N–H and O–H groups in total. The standard InChI is InChI=1S/C10H19NO2/c1-8-4-6-11(7-5-8)9(2)10(12)13-3/h8-9H,4-7H2,1-3H3/t9-/m0/s1. The van der Waals surface area contributed by atoms with Crippen molar-refractivity contribution in [3.05, 3.63) is 0 Å². The van der Waals surface area contributed by atoms with Gasteiger partial charge in [0.25, 0.3) is 0 Å². The second-order valence-electron chi connectivity index (χ2n) is 3.92. The predicted octanol–water partition coefficient (Wildman–Crippen LogP) is 1.28. The molecule has 76 valence electrons. The van der Waals surface area contributed by atoms with E-state index in [9.17, 15) is 4.79 Å². The van der Waals surface area contributed by atoms with Crippen molar-refractivity contribution in [3.8, 4) is 0 Å². The number of carbonyl (C=O) groups excluding carboxylic acids is 1. The third kappa shape index (κ3) is 2.69. The Morgan fingerprint density at radius 3 is 2.46 bits per heavy atom. The summed E-state index contributed by atoms with van der Waals surface area (Å²) in [6, 6.07) is -0.0718. The first-order valence-electron chi connectivity index (χ1n) is 4.97. The number of esters is 1. The molecule has 0 aromatic heterocycles. The summed E-state index contributed by atoms with van der Waals surface area (Å²) >= 11 is 0. The third-order valence-corrected chi connectivity index (χ3v) is 2.91. The van der Waals surface area contributed by atoms with Crippen molar-refractivity contribution in [2.75, 3.05) is 20.2 Å². The first-order chi connectivity index (χ1) is 6.15. The highest BCUT2D eigenvalue weighted by Gasteiger charge is 2.25. The van der Waals surface area contributed by atoms with Crippen molar-refractivity contribution >= 4 is 5.97 Å². The lowest BCUT2D eigenvalue weighted by Gasteiger charge is -2.33. The molecule has 1 rings (SSSR count). The highest BCUT2D eigenvalue weighted by Crippen LogP contribution is 2.18. The molecule has 3 nitrogen and oxygen atoms in total. The highest BCUT2D eigenvalue weighted by atomic mass is 16.5. The molecule has 1 fully saturated rings. The van der Waals surface area contributed by atoms with Crippen LogP contribution in [0.25, 0.3) is 0 Å². The molecule has 0 amide bonds. The van der Waals surface area contributed by atoms with Gasteiger partial charge in [-0.3, -0.25) is 9.69 Å². The number of hydrogen-bond donors (Lipinski definition) is 0. The summed E-state index contributed by atoms with van der Waals surface area (Å²) in [4.78, 5) is 13.4. The molecule has 0 bridgehead atoms. The molecule has 0 radical (unpaired) electrons. The average molecular weight is 185 g/mol. The third-order valence-electron chi connectivity index (χ3n) is 2.91. The Bertz CT molecular complexity index is 174. The van der Waals surface area contributed by atoms with E-state index in [0.717, 1.165) is 19.0 Å². The first kappa shape index (κ1) is 10.5. The quantitative estimate of drug-likeness (QED) is 0.607. The van der Waals surface area contributed by atoms with Crippen molar-refractivity contribution in [1.82, 2.24) is 4.90 Å². The maximum absolute atomic E-state index is 11.2. The van der Waals surface area contributed by atoms with Gasteiger partial charge in [0.2, 0.25) is 0 Å². The fourth-order valence-electron chi connectivity index (χ4n) is 1.74. The number of hydrogen-bond acceptors (Lipinski definition) is 3. The Morgan fingerprint density at radius 1 is 1.46 bits per heavy atom. The number of nitrogens with zero attached hydrogens (tertiary/aromatic N) is 1. The Labute approximate surface area is 80.1 Å². The lowest BCUT2D eigenvalue weighted by molar-refractivity contribution is -0.146. The summed E-state index contributed by atoms with van der Waals surface area (Å²) < 4.78 is 4.71. The Balaban J connectivity index is 2.39. The second-order valence-corrected chi connectivity index (χ2v) is 3.92. The van der Waals surface area contributed by atoms with Crippen LogP contribution in [-0.2, 0) is 9.53 Å². The van der Waals surface area contributed by atoms with Crippen LogP contribution in [0.15, 0.2) is 0 Å². The van der Waals surface area contributed by atoms with Crippen LogP contribution >= 0.6 is 0 Å². The van der Waals surface area contributed by atoms with Crippen LogP contribution in [-0.4, -0.2) is 37.1 Å².